The average molecular weight is 280 g/mol. The molecule has 3 aromatic rings. The number of tetrazole rings is 1. The van der Waals surface area contributed by atoms with Gasteiger partial charge in [0.05, 0.1) is 17.4 Å². The van der Waals surface area contributed by atoms with Crippen molar-refractivity contribution in [2.75, 3.05) is 0 Å². The third-order valence-electron chi connectivity index (χ3n) is 2.63. The Kier molecular flexibility index (Phi) is 2.74. The highest BCUT2D eigenvalue weighted by molar-refractivity contribution is 5.59. The summed E-state index contributed by atoms with van der Waals surface area (Å²) in [5, 5.41) is 16.1. The van der Waals surface area contributed by atoms with E-state index in [0.29, 0.717) is 5.69 Å². The van der Waals surface area contributed by atoms with E-state index in [1.54, 1.807) is 30.3 Å². The molecule has 6 nitrogen and oxygen atoms in total. The molecule has 0 aliphatic heterocycles. The van der Waals surface area contributed by atoms with E-state index in [-0.39, 0.29) is 11.4 Å². The lowest BCUT2D eigenvalue weighted by atomic mass is 10.2. The SMILES string of the molecule is FC(F)(F)c1[nH]ncc1-c1nnnn1-c1ccccc1. The van der Waals surface area contributed by atoms with E-state index in [1.807, 2.05) is 5.10 Å². The number of halogens is 3. The molecule has 0 aliphatic rings. The third kappa shape index (κ3) is 2.02. The number of nitrogens with zero attached hydrogens (tertiary/aromatic N) is 5. The zero-order valence-electron chi connectivity index (χ0n) is 9.83. The maximum Gasteiger partial charge on any atom is 0.433 e. The summed E-state index contributed by atoms with van der Waals surface area (Å²) in [4.78, 5) is 0. The van der Waals surface area contributed by atoms with Gasteiger partial charge in [-0.05, 0) is 22.6 Å². The molecule has 0 atom stereocenters. The summed E-state index contributed by atoms with van der Waals surface area (Å²) in [5.74, 6) is -0.0303. The van der Waals surface area contributed by atoms with E-state index in [2.05, 4.69) is 20.6 Å². The Morgan fingerprint density at radius 1 is 1.10 bits per heavy atom. The van der Waals surface area contributed by atoms with Gasteiger partial charge in [-0.25, -0.2) is 0 Å². The van der Waals surface area contributed by atoms with Crippen LogP contribution in [-0.4, -0.2) is 30.4 Å². The van der Waals surface area contributed by atoms with Gasteiger partial charge in [0, 0.05) is 0 Å². The van der Waals surface area contributed by atoms with Crippen LogP contribution in [0, 0.1) is 0 Å². The van der Waals surface area contributed by atoms with Gasteiger partial charge in [-0.3, -0.25) is 5.10 Å². The number of para-hydroxylation sites is 1. The van der Waals surface area contributed by atoms with Gasteiger partial charge >= 0.3 is 6.18 Å². The van der Waals surface area contributed by atoms with Crippen molar-refractivity contribution in [3.8, 4) is 17.1 Å². The number of hydrogen-bond acceptors (Lipinski definition) is 4. The van der Waals surface area contributed by atoms with Crippen LogP contribution in [0.3, 0.4) is 0 Å². The van der Waals surface area contributed by atoms with E-state index in [9.17, 15) is 13.2 Å². The van der Waals surface area contributed by atoms with Crippen molar-refractivity contribution in [1.82, 2.24) is 30.4 Å². The molecular formula is C11H7F3N6. The zero-order chi connectivity index (χ0) is 14.2. The first-order valence-corrected chi connectivity index (χ1v) is 5.52. The molecule has 9 heteroatoms. The summed E-state index contributed by atoms with van der Waals surface area (Å²) in [6.45, 7) is 0. The lowest BCUT2D eigenvalue weighted by Crippen LogP contribution is -2.09. The topological polar surface area (TPSA) is 72.3 Å². The van der Waals surface area contributed by atoms with Crippen LogP contribution in [0.1, 0.15) is 5.69 Å². The van der Waals surface area contributed by atoms with E-state index in [4.69, 9.17) is 0 Å². The van der Waals surface area contributed by atoms with Gasteiger partial charge in [0.2, 0.25) is 0 Å². The molecule has 0 amide bonds. The molecule has 0 radical (unpaired) electrons. The summed E-state index contributed by atoms with van der Waals surface area (Å²) in [7, 11) is 0. The second-order valence-corrected chi connectivity index (χ2v) is 3.91. The molecule has 0 saturated heterocycles. The van der Waals surface area contributed by atoms with Crippen molar-refractivity contribution in [2.45, 2.75) is 6.18 Å². The first kappa shape index (κ1) is 12.3. The van der Waals surface area contributed by atoms with E-state index < -0.39 is 11.9 Å². The largest absolute Gasteiger partial charge is 0.433 e. The Labute approximate surface area is 110 Å². The Morgan fingerprint density at radius 3 is 2.55 bits per heavy atom. The Bertz CT molecular complexity index is 715. The molecule has 102 valence electrons. The molecule has 0 unspecified atom stereocenters. The van der Waals surface area contributed by atoms with Crippen molar-refractivity contribution >= 4 is 0 Å². The second kappa shape index (κ2) is 4.44. The summed E-state index contributed by atoms with van der Waals surface area (Å²) in [5.41, 5.74) is -0.627. The highest BCUT2D eigenvalue weighted by atomic mass is 19.4. The van der Waals surface area contributed by atoms with Gasteiger partial charge in [-0.15, -0.1) is 5.10 Å². The van der Waals surface area contributed by atoms with Gasteiger partial charge in [0.1, 0.15) is 0 Å². The minimum absolute atomic E-state index is 0.0303. The monoisotopic (exact) mass is 280 g/mol. The number of rotatable bonds is 2. The lowest BCUT2D eigenvalue weighted by Gasteiger charge is -2.07. The zero-order valence-corrected chi connectivity index (χ0v) is 9.83. The second-order valence-electron chi connectivity index (χ2n) is 3.91. The normalized spacial score (nSPS) is 11.8. The number of alkyl halides is 3. The van der Waals surface area contributed by atoms with Crippen LogP contribution in [0.15, 0.2) is 36.5 Å². The number of aromatic nitrogens is 6. The van der Waals surface area contributed by atoms with E-state index >= 15 is 0 Å². The molecular weight excluding hydrogens is 273 g/mol. The standard InChI is InChI=1S/C11H7F3N6/c12-11(13,14)9-8(6-15-16-9)10-17-18-19-20(10)7-4-2-1-3-5-7/h1-6H,(H,15,16). The highest BCUT2D eigenvalue weighted by Gasteiger charge is 2.37. The van der Waals surface area contributed by atoms with Crippen molar-refractivity contribution < 1.29 is 13.2 Å². The molecule has 0 saturated carbocycles. The van der Waals surface area contributed by atoms with Crippen molar-refractivity contribution in [3.63, 3.8) is 0 Å². The van der Waals surface area contributed by atoms with Crippen LogP contribution in [0.2, 0.25) is 0 Å². The molecule has 2 heterocycles. The Morgan fingerprint density at radius 2 is 1.85 bits per heavy atom. The van der Waals surface area contributed by atoms with Crippen LogP contribution in [0.5, 0.6) is 0 Å². The number of aromatic amines is 1. The maximum atomic E-state index is 12.9. The fourth-order valence-corrected chi connectivity index (χ4v) is 1.77. The summed E-state index contributed by atoms with van der Waals surface area (Å²) in [6, 6.07) is 8.63. The summed E-state index contributed by atoms with van der Waals surface area (Å²) >= 11 is 0. The van der Waals surface area contributed by atoms with Crippen LogP contribution < -0.4 is 0 Å². The fraction of sp³-hybridized carbons (Fsp3) is 0.0909. The van der Waals surface area contributed by atoms with Gasteiger partial charge in [0.25, 0.3) is 0 Å². The third-order valence-corrected chi connectivity index (χ3v) is 2.63. The smallest absolute Gasteiger partial charge is 0.273 e. The van der Waals surface area contributed by atoms with Crippen LogP contribution in [0.25, 0.3) is 17.1 Å². The highest BCUT2D eigenvalue weighted by Crippen LogP contribution is 2.34. The van der Waals surface area contributed by atoms with Crippen LogP contribution in [-0.2, 0) is 6.18 Å². The van der Waals surface area contributed by atoms with Gasteiger partial charge in [0.15, 0.2) is 11.5 Å². The molecule has 0 spiro atoms. The molecule has 0 fully saturated rings. The fourth-order valence-electron chi connectivity index (χ4n) is 1.77. The molecule has 1 aromatic carbocycles. The van der Waals surface area contributed by atoms with Crippen LogP contribution >= 0.6 is 0 Å². The first-order valence-electron chi connectivity index (χ1n) is 5.52. The number of benzene rings is 1. The number of H-pyrrole nitrogens is 1. The predicted molar refractivity (Wildman–Crippen MR) is 61.7 cm³/mol. The van der Waals surface area contributed by atoms with Gasteiger partial charge < -0.3 is 0 Å². The summed E-state index contributed by atoms with van der Waals surface area (Å²) < 4.78 is 39.8. The number of hydrogen-bond donors (Lipinski definition) is 1. The van der Waals surface area contributed by atoms with E-state index in [0.717, 1.165) is 6.20 Å². The van der Waals surface area contributed by atoms with Crippen molar-refractivity contribution in [1.29, 1.82) is 0 Å². The molecule has 20 heavy (non-hydrogen) atoms. The maximum absolute atomic E-state index is 12.9. The quantitative estimate of drug-likeness (QED) is 0.780. The van der Waals surface area contributed by atoms with Crippen LogP contribution in [0.4, 0.5) is 13.2 Å². The molecule has 0 aliphatic carbocycles. The first-order chi connectivity index (χ1) is 9.57. The van der Waals surface area contributed by atoms with Crippen molar-refractivity contribution in [3.05, 3.63) is 42.2 Å². The Hall–Kier alpha value is -2.71. The number of nitrogens with one attached hydrogen (secondary N) is 1. The van der Waals surface area contributed by atoms with Crippen molar-refractivity contribution in [2.24, 2.45) is 0 Å². The Balaban J connectivity index is 2.14. The van der Waals surface area contributed by atoms with Gasteiger partial charge in [-0.2, -0.15) is 23.0 Å². The minimum Gasteiger partial charge on any atom is -0.273 e. The predicted octanol–water partition coefficient (Wildman–Crippen LogP) is 2.07. The molecule has 1 N–H and O–H groups in total. The lowest BCUT2D eigenvalue weighted by molar-refractivity contribution is -0.140. The molecule has 0 bridgehead atoms. The average Bonchev–Trinajstić information content (AvgIpc) is 3.07. The molecule has 3 rings (SSSR count). The minimum atomic E-state index is -4.56. The molecule has 2 aromatic heterocycles. The summed E-state index contributed by atoms with van der Waals surface area (Å²) in [6.07, 6.45) is -3.51. The van der Waals surface area contributed by atoms with Gasteiger partial charge in [-0.1, -0.05) is 18.2 Å². The van der Waals surface area contributed by atoms with E-state index in [1.165, 1.54) is 4.68 Å².